The first-order chi connectivity index (χ1) is 6.29. The van der Waals surface area contributed by atoms with E-state index in [1.54, 1.807) is 0 Å². The molecule has 0 fully saturated rings. The number of hydrogen-bond acceptors (Lipinski definition) is 1. The van der Waals surface area contributed by atoms with E-state index in [9.17, 15) is 26.7 Å². The zero-order valence-electron chi connectivity index (χ0n) is 6.76. The largest absolute Gasteiger partial charge is 0.478 e. The second kappa shape index (κ2) is 4.92. The summed E-state index contributed by atoms with van der Waals surface area (Å²) in [5.41, 5.74) is -1.29. The number of aliphatic carboxylic acids is 1. The van der Waals surface area contributed by atoms with Crippen LogP contribution < -0.4 is 0 Å². The average molecular weight is 218 g/mol. The minimum atomic E-state index is -3.70. The predicted molar refractivity (Wildman–Crippen MR) is 37.5 cm³/mol. The maximum Gasteiger partial charge on any atom is 0.334 e. The number of alkyl halides is 5. The zero-order valence-corrected chi connectivity index (χ0v) is 6.76. The van der Waals surface area contributed by atoms with Crippen molar-refractivity contribution in [2.75, 3.05) is 0 Å². The van der Waals surface area contributed by atoms with Gasteiger partial charge in [-0.3, -0.25) is 0 Å². The molecule has 0 aromatic heterocycles. The molecule has 0 aliphatic rings. The Balaban J connectivity index is 4.46. The van der Waals surface area contributed by atoms with Crippen molar-refractivity contribution >= 4 is 5.97 Å². The molecule has 0 radical (unpaired) electrons. The van der Waals surface area contributed by atoms with Gasteiger partial charge in [-0.25, -0.2) is 26.7 Å². The Labute approximate surface area is 76.0 Å². The van der Waals surface area contributed by atoms with Crippen LogP contribution in [0.25, 0.3) is 0 Å². The maximum absolute atomic E-state index is 12.6. The van der Waals surface area contributed by atoms with Crippen LogP contribution in [-0.4, -0.2) is 36.0 Å². The van der Waals surface area contributed by atoms with Gasteiger partial charge < -0.3 is 5.11 Å². The lowest BCUT2D eigenvalue weighted by molar-refractivity contribution is -0.134. The molecule has 2 nitrogen and oxygen atoms in total. The first kappa shape index (κ1) is 12.9. The summed E-state index contributed by atoms with van der Waals surface area (Å²) in [5, 5.41) is 8.11. The molecule has 0 aromatic carbocycles. The summed E-state index contributed by atoms with van der Waals surface area (Å²) in [4.78, 5) is 10.0. The summed E-state index contributed by atoms with van der Waals surface area (Å²) in [6.07, 6.45) is -13.3. The molecule has 0 aromatic rings. The SMILES string of the molecule is C=C(C(=O)O)C(F)C(F)C(F)C(F)F. The molecule has 1 N–H and O–H groups in total. The molecule has 14 heavy (non-hydrogen) atoms. The molecular formula is C7H7F5O2. The highest BCUT2D eigenvalue weighted by Crippen LogP contribution is 2.22. The van der Waals surface area contributed by atoms with E-state index in [2.05, 4.69) is 6.58 Å². The molecule has 0 saturated carbocycles. The minimum absolute atomic E-state index is 1.29. The number of hydrogen-bond donors (Lipinski definition) is 1. The Hall–Kier alpha value is -1.14. The second-order valence-electron chi connectivity index (χ2n) is 2.46. The third-order valence-electron chi connectivity index (χ3n) is 1.43. The summed E-state index contributed by atoms with van der Waals surface area (Å²) in [7, 11) is 0. The van der Waals surface area contributed by atoms with Crippen molar-refractivity contribution in [2.45, 2.75) is 24.9 Å². The van der Waals surface area contributed by atoms with E-state index in [0.29, 0.717) is 0 Å². The number of carboxylic acid groups (broad SMARTS) is 1. The van der Waals surface area contributed by atoms with E-state index in [1.807, 2.05) is 0 Å². The fraction of sp³-hybridized carbons (Fsp3) is 0.571. The Kier molecular flexibility index (Phi) is 4.52. The van der Waals surface area contributed by atoms with Gasteiger partial charge in [-0.15, -0.1) is 0 Å². The summed E-state index contributed by atoms with van der Waals surface area (Å²) in [6.45, 7) is 2.59. The normalized spacial score (nSPS) is 17.6. The van der Waals surface area contributed by atoms with Gasteiger partial charge in [0.25, 0.3) is 6.43 Å². The number of carboxylic acids is 1. The van der Waals surface area contributed by atoms with Crippen LogP contribution in [0.2, 0.25) is 0 Å². The molecule has 0 bridgehead atoms. The van der Waals surface area contributed by atoms with Crippen LogP contribution in [-0.2, 0) is 4.79 Å². The van der Waals surface area contributed by atoms with E-state index in [1.165, 1.54) is 0 Å². The molecule has 82 valence electrons. The van der Waals surface area contributed by atoms with E-state index in [4.69, 9.17) is 5.11 Å². The van der Waals surface area contributed by atoms with Crippen molar-refractivity contribution in [1.29, 1.82) is 0 Å². The van der Waals surface area contributed by atoms with Gasteiger partial charge in [0.15, 0.2) is 18.5 Å². The molecule has 3 unspecified atom stereocenters. The summed E-state index contributed by atoms with van der Waals surface area (Å²) in [6, 6.07) is 0. The smallest absolute Gasteiger partial charge is 0.334 e. The highest BCUT2D eigenvalue weighted by Gasteiger charge is 2.39. The molecular weight excluding hydrogens is 211 g/mol. The van der Waals surface area contributed by atoms with Gasteiger partial charge >= 0.3 is 5.97 Å². The third-order valence-corrected chi connectivity index (χ3v) is 1.43. The molecule has 0 saturated heterocycles. The lowest BCUT2D eigenvalue weighted by atomic mass is 10.1. The van der Waals surface area contributed by atoms with Gasteiger partial charge in [0, 0.05) is 0 Å². The van der Waals surface area contributed by atoms with Crippen LogP contribution in [0.5, 0.6) is 0 Å². The van der Waals surface area contributed by atoms with Crippen LogP contribution in [0.1, 0.15) is 0 Å². The van der Waals surface area contributed by atoms with Gasteiger partial charge in [-0.1, -0.05) is 6.58 Å². The Morgan fingerprint density at radius 2 is 1.50 bits per heavy atom. The molecule has 0 aliphatic heterocycles. The summed E-state index contributed by atoms with van der Waals surface area (Å²) in [5.74, 6) is -1.90. The van der Waals surface area contributed by atoms with Crippen molar-refractivity contribution < 1.29 is 31.9 Å². The highest BCUT2D eigenvalue weighted by molar-refractivity contribution is 5.87. The Morgan fingerprint density at radius 1 is 1.07 bits per heavy atom. The van der Waals surface area contributed by atoms with Crippen molar-refractivity contribution in [3.8, 4) is 0 Å². The van der Waals surface area contributed by atoms with E-state index in [0.717, 1.165) is 0 Å². The average Bonchev–Trinajstić information content (AvgIpc) is 2.12. The first-order valence-corrected chi connectivity index (χ1v) is 3.41. The fourth-order valence-electron chi connectivity index (χ4n) is 0.611. The van der Waals surface area contributed by atoms with Crippen LogP contribution in [0.4, 0.5) is 22.0 Å². The highest BCUT2D eigenvalue weighted by atomic mass is 19.3. The van der Waals surface area contributed by atoms with Crippen molar-refractivity contribution in [3.05, 3.63) is 12.2 Å². The van der Waals surface area contributed by atoms with Crippen LogP contribution in [0.3, 0.4) is 0 Å². The summed E-state index contributed by atoms with van der Waals surface area (Å²) >= 11 is 0. The van der Waals surface area contributed by atoms with Gasteiger partial charge in [0.1, 0.15) is 0 Å². The lowest BCUT2D eigenvalue weighted by Gasteiger charge is -2.16. The number of halogens is 5. The van der Waals surface area contributed by atoms with E-state index < -0.39 is 36.5 Å². The quantitative estimate of drug-likeness (QED) is 0.565. The third kappa shape index (κ3) is 2.97. The lowest BCUT2D eigenvalue weighted by Crippen LogP contribution is -2.35. The maximum atomic E-state index is 12.6. The molecule has 0 aliphatic carbocycles. The van der Waals surface area contributed by atoms with Gasteiger partial charge in [0.05, 0.1) is 5.57 Å². The Bertz CT molecular complexity index is 230. The predicted octanol–water partition coefficient (Wildman–Crippen LogP) is 1.91. The van der Waals surface area contributed by atoms with Crippen LogP contribution >= 0.6 is 0 Å². The van der Waals surface area contributed by atoms with Crippen molar-refractivity contribution in [1.82, 2.24) is 0 Å². The van der Waals surface area contributed by atoms with E-state index >= 15 is 0 Å². The molecule has 0 spiro atoms. The molecule has 7 heteroatoms. The minimum Gasteiger partial charge on any atom is -0.478 e. The molecule has 0 amide bonds. The number of carbonyl (C=O) groups is 1. The van der Waals surface area contributed by atoms with Crippen molar-refractivity contribution in [2.24, 2.45) is 0 Å². The van der Waals surface area contributed by atoms with Crippen LogP contribution in [0.15, 0.2) is 12.2 Å². The summed E-state index contributed by atoms with van der Waals surface area (Å²) < 4.78 is 60.4. The first-order valence-electron chi connectivity index (χ1n) is 3.41. The van der Waals surface area contributed by atoms with Gasteiger partial charge in [-0.2, -0.15) is 0 Å². The molecule has 0 heterocycles. The topological polar surface area (TPSA) is 37.3 Å². The number of rotatable bonds is 5. The molecule has 3 atom stereocenters. The van der Waals surface area contributed by atoms with Gasteiger partial charge in [-0.05, 0) is 0 Å². The fourth-order valence-corrected chi connectivity index (χ4v) is 0.611. The van der Waals surface area contributed by atoms with Crippen LogP contribution in [0, 0.1) is 0 Å². The van der Waals surface area contributed by atoms with Crippen molar-refractivity contribution in [3.63, 3.8) is 0 Å². The molecule has 0 rings (SSSR count). The monoisotopic (exact) mass is 218 g/mol. The van der Waals surface area contributed by atoms with Gasteiger partial charge in [0.2, 0.25) is 0 Å². The standard InChI is InChI=1S/C7H7F5O2/c1-2(7(13)14)3(8)4(9)5(10)6(11)12/h3-6H,1H2,(H,13,14). The zero-order chi connectivity index (χ0) is 11.5. The van der Waals surface area contributed by atoms with E-state index in [-0.39, 0.29) is 0 Å². The Morgan fingerprint density at radius 3 is 1.79 bits per heavy atom. The second-order valence-corrected chi connectivity index (χ2v) is 2.46.